The van der Waals surface area contributed by atoms with Gasteiger partial charge < -0.3 is 24.4 Å². The third-order valence-electron chi connectivity index (χ3n) is 2.77. The topological polar surface area (TPSA) is 68.2 Å². The molecule has 0 bridgehead atoms. The van der Waals surface area contributed by atoms with Gasteiger partial charge in [0.15, 0.2) is 6.29 Å². The molecule has 5 nitrogen and oxygen atoms in total. The molecular weight excluding hydrogens is 415 g/mol. The fraction of sp³-hybridized carbons (Fsp3) is 1.00. The fourth-order valence-electron chi connectivity index (χ4n) is 1.92. The smallest absolute Gasteiger partial charge is 0.155 e. The van der Waals surface area contributed by atoms with Crippen LogP contribution in [-0.4, -0.2) is 53.6 Å². The van der Waals surface area contributed by atoms with Gasteiger partial charge in [-0.1, -0.05) is 0 Å². The Balaban J connectivity index is 0.00000112. The third kappa shape index (κ3) is 2.92. The summed E-state index contributed by atoms with van der Waals surface area (Å²) in [6, 6.07) is 0. The first-order valence-corrected chi connectivity index (χ1v) is 4.88. The second-order valence-electron chi connectivity index (χ2n) is 3.86. The minimum atomic E-state index is -0.893. The van der Waals surface area contributed by atoms with E-state index in [9.17, 15) is 10.2 Å². The summed E-state index contributed by atoms with van der Waals surface area (Å²) < 4.78 is 16.1. The van der Waals surface area contributed by atoms with E-state index in [1.54, 1.807) is 13.8 Å². The van der Waals surface area contributed by atoms with E-state index >= 15 is 0 Å². The van der Waals surface area contributed by atoms with Crippen LogP contribution in [0.25, 0.3) is 0 Å². The molecule has 0 aromatic heterocycles. The maximum atomic E-state index is 9.75. The van der Waals surface area contributed by atoms with Crippen LogP contribution in [0.5, 0.6) is 0 Å². The van der Waals surface area contributed by atoms with Crippen molar-refractivity contribution in [1.82, 2.24) is 0 Å². The molecular formula is C9H16AcO5. The minimum absolute atomic E-state index is 0. The van der Waals surface area contributed by atoms with Gasteiger partial charge in [0.1, 0.15) is 24.4 Å². The van der Waals surface area contributed by atoms with Crippen LogP contribution in [0.2, 0.25) is 0 Å². The van der Waals surface area contributed by atoms with E-state index in [0.29, 0.717) is 6.61 Å². The third-order valence-corrected chi connectivity index (χ3v) is 2.77. The molecule has 15 heavy (non-hydrogen) atoms. The van der Waals surface area contributed by atoms with Crippen LogP contribution >= 0.6 is 0 Å². The molecule has 2 aliphatic rings. The maximum absolute atomic E-state index is 9.75. The van der Waals surface area contributed by atoms with Gasteiger partial charge in [-0.05, 0) is 13.8 Å². The minimum Gasteiger partial charge on any atom is -0.388 e. The van der Waals surface area contributed by atoms with Crippen molar-refractivity contribution < 1.29 is 68.5 Å². The summed E-state index contributed by atoms with van der Waals surface area (Å²) in [5, 5.41) is 19.3. The number of fused-ring (bicyclic) bond motifs is 1. The summed E-state index contributed by atoms with van der Waals surface area (Å²) in [5.74, 6) is 0. The van der Waals surface area contributed by atoms with Crippen LogP contribution in [0.1, 0.15) is 13.8 Å². The second kappa shape index (κ2) is 5.72. The van der Waals surface area contributed by atoms with Crippen molar-refractivity contribution >= 4 is 0 Å². The molecule has 0 saturated carbocycles. The van der Waals surface area contributed by atoms with E-state index in [-0.39, 0.29) is 62.6 Å². The molecule has 2 rings (SSSR count). The quantitative estimate of drug-likeness (QED) is 0.529. The van der Waals surface area contributed by atoms with Crippen molar-refractivity contribution in [3.05, 3.63) is 0 Å². The van der Waals surface area contributed by atoms with E-state index in [1.165, 1.54) is 0 Å². The molecule has 2 N–H and O–H groups in total. The zero-order valence-corrected chi connectivity index (χ0v) is 13.6. The summed E-state index contributed by atoms with van der Waals surface area (Å²) in [4.78, 5) is 0. The number of hydrogen-bond acceptors (Lipinski definition) is 5. The monoisotopic (exact) mass is 431 g/mol. The Morgan fingerprint density at radius 1 is 1.07 bits per heavy atom. The van der Waals surface area contributed by atoms with Gasteiger partial charge in [0.05, 0.1) is 12.7 Å². The van der Waals surface area contributed by atoms with E-state index in [2.05, 4.69) is 0 Å². The molecule has 0 amide bonds. The second-order valence-corrected chi connectivity index (χ2v) is 3.86. The number of rotatable bonds is 0. The summed E-state index contributed by atoms with van der Waals surface area (Å²) in [6.45, 7) is 3.88. The first-order valence-electron chi connectivity index (χ1n) is 4.88. The van der Waals surface area contributed by atoms with Gasteiger partial charge in [-0.25, -0.2) is 0 Å². The van der Waals surface area contributed by atoms with E-state index in [0.717, 1.165) is 0 Å². The average molecular weight is 431 g/mol. The molecule has 0 aromatic carbocycles. The molecule has 2 aliphatic heterocycles. The summed E-state index contributed by atoms with van der Waals surface area (Å²) in [6.07, 6.45) is -3.27. The van der Waals surface area contributed by atoms with Gasteiger partial charge in [0.2, 0.25) is 0 Å². The molecule has 2 heterocycles. The van der Waals surface area contributed by atoms with Gasteiger partial charge in [-0.15, -0.1) is 0 Å². The van der Waals surface area contributed by atoms with E-state index in [4.69, 9.17) is 14.2 Å². The molecule has 6 atom stereocenters. The Morgan fingerprint density at radius 2 is 1.73 bits per heavy atom. The summed E-state index contributed by atoms with van der Waals surface area (Å²) in [5.41, 5.74) is 0. The van der Waals surface area contributed by atoms with Gasteiger partial charge >= 0.3 is 0 Å². The Labute approximate surface area is 125 Å². The molecule has 6 heteroatoms. The van der Waals surface area contributed by atoms with Crippen LogP contribution in [-0.2, 0) is 14.2 Å². The van der Waals surface area contributed by atoms with E-state index in [1.807, 2.05) is 0 Å². The summed E-state index contributed by atoms with van der Waals surface area (Å²) >= 11 is 0. The number of aliphatic hydroxyl groups excluding tert-OH is 2. The van der Waals surface area contributed by atoms with Crippen LogP contribution in [0.15, 0.2) is 0 Å². The van der Waals surface area contributed by atoms with Crippen LogP contribution in [0.3, 0.4) is 0 Å². The van der Waals surface area contributed by atoms with Crippen molar-refractivity contribution in [1.29, 1.82) is 0 Å². The van der Waals surface area contributed by atoms with Crippen molar-refractivity contribution in [2.75, 3.05) is 6.61 Å². The van der Waals surface area contributed by atoms with Crippen molar-refractivity contribution in [3.8, 4) is 0 Å². The molecule has 0 aromatic rings. The predicted molar refractivity (Wildman–Crippen MR) is 46.6 cm³/mol. The standard InChI is InChI=1S/C9H16O5.Ac/c1-4-7(10)8(11)9-6(13-4)3-12-5(2)14-9;/h4-11H,3H2,1-2H3;/t4-,5?,6?,7?,8+,9-;/m0./s1. The molecule has 2 fully saturated rings. The maximum Gasteiger partial charge on any atom is 0.155 e. The van der Waals surface area contributed by atoms with Gasteiger partial charge in [0, 0.05) is 44.1 Å². The van der Waals surface area contributed by atoms with Gasteiger partial charge in [-0.3, -0.25) is 0 Å². The number of ether oxygens (including phenoxy) is 3. The van der Waals surface area contributed by atoms with Crippen molar-refractivity contribution in [3.63, 3.8) is 0 Å². The number of hydrogen-bond donors (Lipinski definition) is 2. The first-order chi connectivity index (χ1) is 6.59. The van der Waals surface area contributed by atoms with Crippen LogP contribution in [0, 0.1) is 44.1 Å². The Hall–Kier alpha value is 1.24. The van der Waals surface area contributed by atoms with Crippen LogP contribution in [0.4, 0.5) is 0 Å². The van der Waals surface area contributed by atoms with Crippen molar-refractivity contribution in [2.45, 2.75) is 50.7 Å². The molecule has 2 saturated heterocycles. The number of aliphatic hydroxyl groups is 2. The SMILES string of the molecule is CC1OCC2O[C@@H](C)C(O)[C@@H](O)[C@H]2O1.[Ac]. The summed E-state index contributed by atoms with van der Waals surface area (Å²) in [7, 11) is 0. The van der Waals surface area contributed by atoms with Crippen LogP contribution < -0.4 is 0 Å². The predicted octanol–water partition coefficient (Wildman–Crippen LogP) is -0.743. The average Bonchev–Trinajstić information content (AvgIpc) is 2.16. The Morgan fingerprint density at radius 3 is 2.40 bits per heavy atom. The molecule has 3 unspecified atom stereocenters. The Bertz CT molecular complexity index is 213. The van der Waals surface area contributed by atoms with Gasteiger partial charge in [0.25, 0.3) is 0 Å². The van der Waals surface area contributed by atoms with Gasteiger partial charge in [-0.2, -0.15) is 0 Å². The zero-order chi connectivity index (χ0) is 10.3. The normalized spacial score (nSPS) is 50.4. The van der Waals surface area contributed by atoms with Crippen molar-refractivity contribution in [2.24, 2.45) is 0 Å². The molecule has 1 radical (unpaired) electrons. The fourth-order valence-corrected chi connectivity index (χ4v) is 1.92. The van der Waals surface area contributed by atoms with E-state index < -0.39 is 18.3 Å². The zero-order valence-electron chi connectivity index (χ0n) is 8.87. The molecule has 0 spiro atoms. The Kier molecular flexibility index (Phi) is 5.46. The first kappa shape index (κ1) is 14.3. The molecule has 85 valence electrons. The largest absolute Gasteiger partial charge is 0.388 e. The molecule has 0 aliphatic carbocycles.